The van der Waals surface area contributed by atoms with Crippen LogP contribution in [0.15, 0.2) is 24.3 Å². The lowest BCUT2D eigenvalue weighted by Crippen LogP contribution is -1.87. The van der Waals surface area contributed by atoms with Gasteiger partial charge in [-0.3, -0.25) is 0 Å². The SMILES string of the molecule is CCO.Nc1cccc(N)c1.O. The third kappa shape index (κ3) is 6.85. The van der Waals surface area contributed by atoms with Crippen molar-refractivity contribution in [2.75, 3.05) is 18.1 Å². The van der Waals surface area contributed by atoms with Crippen LogP contribution in [0.3, 0.4) is 0 Å². The second-order valence-electron chi connectivity index (χ2n) is 1.99. The second-order valence-corrected chi connectivity index (χ2v) is 1.99. The molecule has 0 unspecified atom stereocenters. The van der Waals surface area contributed by atoms with Crippen molar-refractivity contribution in [3.63, 3.8) is 0 Å². The van der Waals surface area contributed by atoms with Gasteiger partial charge >= 0.3 is 0 Å². The van der Waals surface area contributed by atoms with Crippen LogP contribution in [-0.2, 0) is 0 Å². The zero-order valence-electron chi connectivity index (χ0n) is 7.12. The molecule has 0 fully saturated rings. The van der Waals surface area contributed by atoms with Crippen molar-refractivity contribution in [3.8, 4) is 0 Å². The van der Waals surface area contributed by atoms with Gasteiger partial charge in [0.2, 0.25) is 0 Å². The number of nitrogens with two attached hydrogens (primary N) is 2. The first-order valence-electron chi connectivity index (χ1n) is 3.42. The molecule has 0 saturated carbocycles. The second kappa shape index (κ2) is 7.84. The molecule has 70 valence electrons. The molecule has 4 nitrogen and oxygen atoms in total. The summed E-state index contributed by atoms with van der Waals surface area (Å²) in [6.45, 7) is 1.93. The topological polar surface area (TPSA) is 104 Å². The Morgan fingerprint density at radius 1 is 1.25 bits per heavy atom. The third-order valence-electron chi connectivity index (χ3n) is 0.911. The van der Waals surface area contributed by atoms with Gasteiger partial charge in [0.15, 0.2) is 0 Å². The molecule has 0 aliphatic rings. The highest BCUT2D eigenvalue weighted by Gasteiger charge is 1.81. The number of anilines is 2. The Labute approximate surface area is 72.1 Å². The van der Waals surface area contributed by atoms with Crippen molar-refractivity contribution in [2.45, 2.75) is 6.92 Å². The van der Waals surface area contributed by atoms with E-state index in [4.69, 9.17) is 16.6 Å². The summed E-state index contributed by atoms with van der Waals surface area (Å²) in [5.41, 5.74) is 12.2. The summed E-state index contributed by atoms with van der Waals surface area (Å²) in [7, 11) is 0. The van der Waals surface area contributed by atoms with Crippen LogP contribution in [0.1, 0.15) is 6.92 Å². The molecule has 0 aliphatic carbocycles. The minimum Gasteiger partial charge on any atom is -0.412 e. The molecule has 0 spiro atoms. The zero-order valence-corrected chi connectivity index (χ0v) is 7.12. The van der Waals surface area contributed by atoms with Crippen LogP contribution < -0.4 is 11.5 Å². The Hall–Kier alpha value is -1.26. The zero-order chi connectivity index (χ0) is 8.69. The van der Waals surface area contributed by atoms with E-state index in [-0.39, 0.29) is 12.1 Å². The molecule has 1 aromatic carbocycles. The Balaban J connectivity index is 0. The van der Waals surface area contributed by atoms with Gasteiger partial charge in [-0.2, -0.15) is 0 Å². The quantitative estimate of drug-likeness (QED) is 0.481. The fraction of sp³-hybridized carbons (Fsp3) is 0.250. The molecular weight excluding hydrogens is 156 g/mol. The van der Waals surface area contributed by atoms with Gasteiger partial charge in [0.05, 0.1) is 0 Å². The molecule has 7 N–H and O–H groups in total. The molecule has 0 aliphatic heterocycles. The molecule has 0 amide bonds. The molecule has 0 atom stereocenters. The summed E-state index contributed by atoms with van der Waals surface area (Å²) >= 11 is 0. The van der Waals surface area contributed by atoms with Crippen LogP contribution in [0, 0.1) is 0 Å². The van der Waals surface area contributed by atoms with E-state index in [2.05, 4.69) is 0 Å². The van der Waals surface area contributed by atoms with Gasteiger partial charge in [0.1, 0.15) is 0 Å². The van der Waals surface area contributed by atoms with Gasteiger partial charge in [-0.05, 0) is 25.1 Å². The minimum atomic E-state index is 0. The van der Waals surface area contributed by atoms with E-state index in [9.17, 15) is 0 Å². The Bertz CT molecular complexity index is 187. The lowest BCUT2D eigenvalue weighted by Gasteiger charge is -1.91. The number of hydrogen-bond acceptors (Lipinski definition) is 3. The van der Waals surface area contributed by atoms with E-state index < -0.39 is 0 Å². The first kappa shape index (κ1) is 13.3. The van der Waals surface area contributed by atoms with Crippen LogP contribution in [0.4, 0.5) is 11.4 Å². The van der Waals surface area contributed by atoms with E-state index in [0.717, 1.165) is 0 Å². The number of rotatable bonds is 0. The average molecular weight is 172 g/mol. The number of benzene rings is 1. The van der Waals surface area contributed by atoms with Crippen molar-refractivity contribution in [2.24, 2.45) is 0 Å². The molecule has 4 heteroatoms. The molecule has 1 rings (SSSR count). The summed E-state index contributed by atoms with van der Waals surface area (Å²) in [4.78, 5) is 0. The largest absolute Gasteiger partial charge is 0.412 e. The van der Waals surface area contributed by atoms with Gasteiger partial charge in [0, 0.05) is 18.0 Å². The molecular formula is C8H16N2O2. The van der Waals surface area contributed by atoms with Crippen molar-refractivity contribution < 1.29 is 10.6 Å². The maximum atomic E-state index is 7.57. The average Bonchev–Trinajstić information content (AvgIpc) is 1.88. The van der Waals surface area contributed by atoms with Crippen LogP contribution in [-0.4, -0.2) is 17.2 Å². The highest BCUT2D eigenvalue weighted by Crippen LogP contribution is 2.06. The molecule has 0 radical (unpaired) electrons. The highest BCUT2D eigenvalue weighted by atomic mass is 16.2. The lowest BCUT2D eigenvalue weighted by molar-refractivity contribution is 0.318. The summed E-state index contributed by atoms with van der Waals surface area (Å²) in [6, 6.07) is 7.15. The van der Waals surface area contributed by atoms with Gasteiger partial charge in [-0.1, -0.05) is 6.07 Å². The van der Waals surface area contributed by atoms with Crippen LogP contribution in [0.2, 0.25) is 0 Å². The van der Waals surface area contributed by atoms with E-state index in [1.54, 1.807) is 25.1 Å². The monoisotopic (exact) mass is 172 g/mol. The standard InChI is InChI=1S/C6H8N2.C2H6O.H2O/c7-5-2-1-3-6(8)4-5;1-2-3;/h1-4H,7-8H2;3H,2H2,1H3;1H2. The van der Waals surface area contributed by atoms with Crippen LogP contribution >= 0.6 is 0 Å². The van der Waals surface area contributed by atoms with E-state index in [1.165, 1.54) is 0 Å². The number of aliphatic hydroxyl groups is 1. The third-order valence-corrected chi connectivity index (χ3v) is 0.911. The Morgan fingerprint density at radius 2 is 1.58 bits per heavy atom. The number of hydrogen-bond donors (Lipinski definition) is 3. The first-order valence-corrected chi connectivity index (χ1v) is 3.42. The summed E-state index contributed by atoms with van der Waals surface area (Å²) < 4.78 is 0. The number of aliphatic hydroxyl groups excluding tert-OH is 1. The molecule has 12 heavy (non-hydrogen) atoms. The normalized spacial score (nSPS) is 7.50. The van der Waals surface area contributed by atoms with Gasteiger partial charge < -0.3 is 22.1 Å². The maximum Gasteiger partial charge on any atom is 0.0402 e. The first-order chi connectivity index (χ1) is 5.20. The fourth-order valence-electron chi connectivity index (χ4n) is 0.559. The van der Waals surface area contributed by atoms with Crippen LogP contribution in [0.5, 0.6) is 0 Å². The van der Waals surface area contributed by atoms with Crippen molar-refractivity contribution in [1.29, 1.82) is 0 Å². The van der Waals surface area contributed by atoms with Gasteiger partial charge in [-0.25, -0.2) is 0 Å². The minimum absolute atomic E-state index is 0. The summed E-state index contributed by atoms with van der Waals surface area (Å²) in [6.07, 6.45) is 0. The Kier molecular flexibility index (Phi) is 8.72. The summed E-state index contributed by atoms with van der Waals surface area (Å²) in [5.74, 6) is 0. The van der Waals surface area contributed by atoms with Gasteiger partial charge in [0.25, 0.3) is 0 Å². The molecule has 1 aromatic rings. The lowest BCUT2D eigenvalue weighted by atomic mass is 10.3. The van der Waals surface area contributed by atoms with E-state index >= 15 is 0 Å². The van der Waals surface area contributed by atoms with E-state index in [0.29, 0.717) is 11.4 Å². The molecule has 0 bridgehead atoms. The van der Waals surface area contributed by atoms with Crippen molar-refractivity contribution in [3.05, 3.63) is 24.3 Å². The van der Waals surface area contributed by atoms with Crippen molar-refractivity contribution in [1.82, 2.24) is 0 Å². The molecule has 0 heterocycles. The van der Waals surface area contributed by atoms with E-state index in [1.807, 2.05) is 6.07 Å². The summed E-state index contributed by atoms with van der Waals surface area (Å²) in [5, 5.41) is 7.57. The van der Waals surface area contributed by atoms with Crippen molar-refractivity contribution >= 4 is 11.4 Å². The smallest absolute Gasteiger partial charge is 0.0402 e. The maximum absolute atomic E-state index is 7.57. The Morgan fingerprint density at radius 3 is 1.75 bits per heavy atom. The molecule has 0 saturated heterocycles. The fourth-order valence-corrected chi connectivity index (χ4v) is 0.559. The highest BCUT2D eigenvalue weighted by molar-refractivity contribution is 5.50. The predicted octanol–water partition coefficient (Wildman–Crippen LogP) is 0.0249. The molecule has 0 aromatic heterocycles. The predicted molar refractivity (Wildman–Crippen MR) is 51.6 cm³/mol. The van der Waals surface area contributed by atoms with Gasteiger partial charge in [-0.15, -0.1) is 0 Å². The van der Waals surface area contributed by atoms with Crippen LogP contribution in [0.25, 0.3) is 0 Å². The number of nitrogen functional groups attached to an aromatic ring is 2.